The van der Waals surface area contributed by atoms with Crippen molar-refractivity contribution in [2.45, 2.75) is 19.9 Å². The highest BCUT2D eigenvalue weighted by Gasteiger charge is 2.20. The molecule has 1 unspecified atom stereocenters. The van der Waals surface area contributed by atoms with Crippen molar-refractivity contribution in [3.63, 3.8) is 0 Å². The Kier molecular flexibility index (Phi) is 5.49. The Morgan fingerprint density at radius 2 is 2.06 bits per heavy atom. The van der Waals surface area contributed by atoms with Crippen LogP contribution in [0.2, 0.25) is 0 Å². The SMILES string of the molecule is Cc1c(Oc2ccn3ncnc3c2)ccc(Nc2ncnc3cnc(N4CCNC(C)C4)nc23)c1F. The highest BCUT2D eigenvalue weighted by Crippen LogP contribution is 2.33. The summed E-state index contributed by atoms with van der Waals surface area (Å²) in [5, 5.41) is 10.6. The molecule has 2 N–H and O–H groups in total. The van der Waals surface area contributed by atoms with Crippen LogP contribution in [-0.4, -0.2) is 60.2 Å². The van der Waals surface area contributed by atoms with Gasteiger partial charge in [-0.2, -0.15) is 5.10 Å². The lowest BCUT2D eigenvalue weighted by molar-refractivity contribution is 0.471. The third-order valence-corrected chi connectivity index (χ3v) is 6.09. The molecule has 11 nitrogen and oxygen atoms in total. The van der Waals surface area contributed by atoms with Crippen LogP contribution in [0.5, 0.6) is 11.5 Å². The highest BCUT2D eigenvalue weighted by atomic mass is 19.1. The number of nitrogens with one attached hydrogen (secondary N) is 2. The van der Waals surface area contributed by atoms with Crippen LogP contribution in [0.3, 0.4) is 0 Å². The van der Waals surface area contributed by atoms with Gasteiger partial charge in [0, 0.05) is 43.5 Å². The third kappa shape index (κ3) is 4.11. The molecular formula is C24H23FN10O. The first-order valence-electron chi connectivity index (χ1n) is 11.5. The van der Waals surface area contributed by atoms with Crippen molar-refractivity contribution in [3.8, 4) is 11.5 Å². The number of hydrogen-bond acceptors (Lipinski definition) is 10. The Bertz CT molecular complexity index is 1570. The number of hydrogen-bond donors (Lipinski definition) is 2. The van der Waals surface area contributed by atoms with E-state index in [1.165, 1.54) is 12.7 Å². The molecule has 0 aliphatic carbocycles. The molecule has 0 saturated carbocycles. The van der Waals surface area contributed by atoms with Gasteiger partial charge in [-0.05, 0) is 32.0 Å². The average molecular weight is 487 g/mol. The molecule has 1 aliphatic heterocycles. The van der Waals surface area contributed by atoms with Gasteiger partial charge in [0.2, 0.25) is 5.95 Å². The van der Waals surface area contributed by atoms with Gasteiger partial charge < -0.3 is 20.3 Å². The van der Waals surface area contributed by atoms with Gasteiger partial charge in [-0.15, -0.1) is 0 Å². The van der Waals surface area contributed by atoms with Crippen LogP contribution in [0, 0.1) is 12.7 Å². The monoisotopic (exact) mass is 486 g/mol. The number of rotatable bonds is 5. The van der Waals surface area contributed by atoms with Crippen LogP contribution in [-0.2, 0) is 0 Å². The zero-order chi connectivity index (χ0) is 24.6. The number of piperazine rings is 1. The van der Waals surface area contributed by atoms with E-state index in [-0.39, 0.29) is 5.69 Å². The van der Waals surface area contributed by atoms with Gasteiger partial charge in [0.25, 0.3) is 0 Å². The molecule has 0 spiro atoms. The molecule has 5 aromatic rings. The normalized spacial score (nSPS) is 16.0. The van der Waals surface area contributed by atoms with Gasteiger partial charge in [0.05, 0.1) is 11.9 Å². The summed E-state index contributed by atoms with van der Waals surface area (Å²) in [4.78, 5) is 24.1. The molecule has 1 fully saturated rings. The Balaban J connectivity index is 1.29. The van der Waals surface area contributed by atoms with Gasteiger partial charge in [-0.1, -0.05) is 0 Å². The Labute approximate surface area is 205 Å². The van der Waals surface area contributed by atoms with Crippen LogP contribution in [0.15, 0.2) is 49.3 Å². The molecule has 182 valence electrons. The molecule has 0 bridgehead atoms. The lowest BCUT2D eigenvalue weighted by atomic mass is 10.1. The van der Waals surface area contributed by atoms with E-state index in [2.05, 4.69) is 47.5 Å². The maximum absolute atomic E-state index is 15.4. The average Bonchev–Trinajstić information content (AvgIpc) is 3.36. The first-order valence-corrected chi connectivity index (χ1v) is 11.5. The number of halogens is 1. The van der Waals surface area contributed by atoms with Crippen molar-refractivity contribution in [2.24, 2.45) is 0 Å². The summed E-state index contributed by atoms with van der Waals surface area (Å²) >= 11 is 0. The van der Waals surface area contributed by atoms with Crippen molar-refractivity contribution in [2.75, 3.05) is 29.9 Å². The fourth-order valence-corrected chi connectivity index (χ4v) is 4.19. The van der Waals surface area contributed by atoms with Gasteiger partial charge >= 0.3 is 0 Å². The molecule has 1 atom stereocenters. The fraction of sp³-hybridized carbons (Fsp3) is 0.250. The minimum absolute atomic E-state index is 0.253. The smallest absolute Gasteiger partial charge is 0.226 e. The summed E-state index contributed by atoms with van der Waals surface area (Å²) in [5.41, 5.74) is 2.33. The lowest BCUT2D eigenvalue weighted by Gasteiger charge is -2.31. The number of fused-ring (bicyclic) bond motifs is 2. The first-order chi connectivity index (χ1) is 17.5. The predicted octanol–water partition coefficient (Wildman–Crippen LogP) is 3.24. The standard InChI is InChI=1S/C24H23FN10O/c1-14-11-34(8-6-26-14)24-27-10-18-22(33-24)23(30-12-28-18)32-17-3-4-19(15(2)21(17)25)36-16-5-7-35-20(9-16)29-13-31-35/h3-5,7,9-10,12-14,26H,6,8,11H2,1-2H3,(H,28,30,32). The number of pyridine rings is 1. The summed E-state index contributed by atoms with van der Waals surface area (Å²) in [6.07, 6.45) is 6.27. The summed E-state index contributed by atoms with van der Waals surface area (Å²) in [7, 11) is 0. The fourth-order valence-electron chi connectivity index (χ4n) is 4.19. The van der Waals surface area contributed by atoms with Crippen molar-refractivity contribution in [1.29, 1.82) is 0 Å². The van der Waals surface area contributed by atoms with E-state index >= 15 is 4.39 Å². The Morgan fingerprint density at radius 3 is 2.94 bits per heavy atom. The Hall–Kier alpha value is -4.45. The second-order valence-corrected chi connectivity index (χ2v) is 8.63. The van der Waals surface area contributed by atoms with E-state index in [1.807, 2.05) is 0 Å². The van der Waals surface area contributed by atoms with Crippen molar-refractivity contribution in [3.05, 3.63) is 60.7 Å². The van der Waals surface area contributed by atoms with E-state index < -0.39 is 5.82 Å². The van der Waals surface area contributed by atoms with E-state index in [1.54, 1.807) is 48.1 Å². The zero-order valence-corrected chi connectivity index (χ0v) is 19.7. The van der Waals surface area contributed by atoms with Crippen LogP contribution < -0.4 is 20.3 Å². The zero-order valence-electron chi connectivity index (χ0n) is 19.7. The second-order valence-electron chi connectivity index (χ2n) is 8.63. The number of ether oxygens (including phenoxy) is 1. The summed E-state index contributed by atoms with van der Waals surface area (Å²) in [6.45, 7) is 6.22. The molecule has 1 aromatic carbocycles. The summed E-state index contributed by atoms with van der Waals surface area (Å²) in [5.74, 6) is 1.47. The van der Waals surface area contributed by atoms with Crippen LogP contribution in [0.25, 0.3) is 16.7 Å². The Morgan fingerprint density at radius 1 is 1.14 bits per heavy atom. The van der Waals surface area contributed by atoms with E-state index in [9.17, 15) is 0 Å². The van der Waals surface area contributed by atoms with Crippen LogP contribution in [0.1, 0.15) is 12.5 Å². The molecule has 36 heavy (non-hydrogen) atoms. The number of benzene rings is 1. The summed E-state index contributed by atoms with van der Waals surface area (Å²) < 4.78 is 23.0. The minimum Gasteiger partial charge on any atom is -0.457 e. The number of aromatic nitrogens is 7. The van der Waals surface area contributed by atoms with Crippen molar-refractivity contribution < 1.29 is 9.13 Å². The first kappa shape index (κ1) is 22.0. The third-order valence-electron chi connectivity index (χ3n) is 6.09. The topological polar surface area (TPSA) is 118 Å². The molecule has 6 rings (SSSR count). The lowest BCUT2D eigenvalue weighted by Crippen LogP contribution is -2.49. The van der Waals surface area contributed by atoms with Gasteiger partial charge in [0.15, 0.2) is 17.3 Å². The minimum atomic E-state index is -0.451. The maximum Gasteiger partial charge on any atom is 0.226 e. The van der Waals surface area contributed by atoms with E-state index in [0.717, 1.165) is 19.6 Å². The molecule has 1 saturated heterocycles. The molecule has 1 aliphatic rings. The number of anilines is 3. The molecular weight excluding hydrogens is 463 g/mol. The van der Waals surface area contributed by atoms with E-state index in [0.29, 0.717) is 51.6 Å². The quantitative estimate of drug-likeness (QED) is 0.383. The molecule has 0 radical (unpaired) electrons. The van der Waals surface area contributed by atoms with Gasteiger partial charge in [-0.3, -0.25) is 0 Å². The maximum atomic E-state index is 15.4. The summed E-state index contributed by atoms with van der Waals surface area (Å²) in [6, 6.07) is 7.13. The van der Waals surface area contributed by atoms with Gasteiger partial charge in [-0.25, -0.2) is 33.8 Å². The second kappa shape index (κ2) is 8.96. The van der Waals surface area contributed by atoms with Crippen molar-refractivity contribution >= 4 is 34.1 Å². The van der Waals surface area contributed by atoms with Crippen LogP contribution in [0.4, 0.5) is 21.8 Å². The van der Waals surface area contributed by atoms with Crippen LogP contribution >= 0.6 is 0 Å². The molecule has 12 heteroatoms. The highest BCUT2D eigenvalue weighted by molar-refractivity contribution is 5.87. The molecule has 0 amide bonds. The predicted molar refractivity (Wildman–Crippen MR) is 132 cm³/mol. The van der Waals surface area contributed by atoms with Gasteiger partial charge in [0.1, 0.15) is 35.2 Å². The number of nitrogens with zero attached hydrogens (tertiary/aromatic N) is 8. The van der Waals surface area contributed by atoms with Crippen molar-refractivity contribution in [1.82, 2.24) is 39.9 Å². The van der Waals surface area contributed by atoms with E-state index in [4.69, 9.17) is 9.72 Å². The largest absolute Gasteiger partial charge is 0.457 e. The molecule has 5 heterocycles. The molecule has 4 aromatic heterocycles.